The van der Waals surface area contributed by atoms with Crippen molar-refractivity contribution in [3.63, 3.8) is 0 Å². The first-order valence-corrected chi connectivity index (χ1v) is 8.88. The minimum Gasteiger partial charge on any atom is -0.300 e. The zero-order valence-electron chi connectivity index (χ0n) is 12.7. The van der Waals surface area contributed by atoms with Crippen molar-refractivity contribution in [3.05, 3.63) is 0 Å². The van der Waals surface area contributed by atoms with Crippen LogP contribution in [0.15, 0.2) is 0 Å². The van der Waals surface area contributed by atoms with Crippen LogP contribution in [0.5, 0.6) is 0 Å². The molecule has 1 heteroatoms. The summed E-state index contributed by atoms with van der Waals surface area (Å²) in [5.41, 5.74) is 0. The number of ketones is 1. The van der Waals surface area contributed by atoms with Gasteiger partial charge < -0.3 is 0 Å². The molecule has 2 aliphatic carbocycles. The van der Waals surface area contributed by atoms with Crippen LogP contribution in [0.2, 0.25) is 0 Å². The van der Waals surface area contributed by atoms with Crippen molar-refractivity contribution in [1.82, 2.24) is 0 Å². The Balaban J connectivity index is 1.88. The van der Waals surface area contributed by atoms with Crippen molar-refractivity contribution in [3.8, 4) is 0 Å². The second kappa shape index (κ2) is 8.76. The smallest absolute Gasteiger partial charge is 0.132 e. The average Bonchev–Trinajstić information content (AvgIpc) is 2.60. The van der Waals surface area contributed by atoms with Crippen LogP contribution in [0.3, 0.4) is 0 Å². The molecule has 19 heavy (non-hydrogen) atoms. The van der Waals surface area contributed by atoms with Gasteiger partial charge in [0, 0.05) is 12.8 Å². The Bertz CT molecular complexity index is 248. The van der Waals surface area contributed by atoms with E-state index in [0.717, 1.165) is 31.1 Å². The molecular formula is C18H32O. The van der Waals surface area contributed by atoms with Gasteiger partial charge in [-0.3, -0.25) is 4.79 Å². The van der Waals surface area contributed by atoms with Crippen molar-refractivity contribution in [1.29, 1.82) is 0 Å². The van der Waals surface area contributed by atoms with Gasteiger partial charge >= 0.3 is 0 Å². The van der Waals surface area contributed by atoms with Crippen LogP contribution in [-0.2, 0) is 4.79 Å². The highest BCUT2D eigenvalue weighted by Crippen LogP contribution is 2.34. The second-order valence-electron chi connectivity index (χ2n) is 6.90. The Morgan fingerprint density at radius 2 is 1.00 bits per heavy atom. The molecule has 0 saturated heterocycles. The van der Waals surface area contributed by atoms with Gasteiger partial charge in [0.25, 0.3) is 0 Å². The van der Waals surface area contributed by atoms with Crippen molar-refractivity contribution in [2.24, 2.45) is 11.8 Å². The van der Waals surface area contributed by atoms with Crippen LogP contribution in [0.4, 0.5) is 0 Å². The van der Waals surface area contributed by atoms with Gasteiger partial charge in [-0.1, -0.05) is 70.6 Å². The van der Waals surface area contributed by atoms with Crippen LogP contribution in [0.25, 0.3) is 0 Å². The average molecular weight is 264 g/mol. The number of carbonyl (C=O) groups is 1. The Morgan fingerprint density at radius 1 is 0.526 bits per heavy atom. The molecule has 1 atom stereocenters. The maximum absolute atomic E-state index is 11.8. The fourth-order valence-corrected chi connectivity index (χ4v) is 4.13. The summed E-state index contributed by atoms with van der Waals surface area (Å²) < 4.78 is 0. The number of Topliss-reactive ketones (excluding diaryl/α,β-unsaturated/α-hetero) is 1. The lowest BCUT2D eigenvalue weighted by molar-refractivity contribution is -0.119. The van der Waals surface area contributed by atoms with E-state index in [-0.39, 0.29) is 0 Å². The molecule has 0 spiro atoms. The van der Waals surface area contributed by atoms with Gasteiger partial charge in [0.15, 0.2) is 0 Å². The highest BCUT2D eigenvalue weighted by atomic mass is 16.1. The van der Waals surface area contributed by atoms with Crippen LogP contribution in [-0.4, -0.2) is 5.78 Å². The van der Waals surface area contributed by atoms with E-state index in [9.17, 15) is 4.79 Å². The molecule has 0 aromatic heterocycles. The molecule has 0 aromatic carbocycles. The summed E-state index contributed by atoms with van der Waals surface area (Å²) in [6, 6.07) is 0. The molecule has 0 aliphatic heterocycles. The third-order valence-electron chi connectivity index (χ3n) is 5.39. The summed E-state index contributed by atoms with van der Waals surface area (Å²) in [7, 11) is 0. The van der Waals surface area contributed by atoms with Crippen molar-refractivity contribution in [2.75, 3.05) is 0 Å². The number of rotatable bonds is 1. The molecule has 0 heterocycles. The summed E-state index contributed by atoms with van der Waals surface area (Å²) in [4.78, 5) is 11.8. The van der Waals surface area contributed by atoms with E-state index < -0.39 is 0 Å². The second-order valence-corrected chi connectivity index (χ2v) is 6.90. The molecule has 2 aliphatic rings. The van der Waals surface area contributed by atoms with Crippen LogP contribution >= 0.6 is 0 Å². The van der Waals surface area contributed by atoms with E-state index in [1.807, 2.05) is 0 Å². The molecule has 2 saturated carbocycles. The van der Waals surface area contributed by atoms with E-state index >= 15 is 0 Å². The van der Waals surface area contributed by atoms with Gasteiger partial charge in [-0.15, -0.1) is 0 Å². The molecule has 0 radical (unpaired) electrons. The van der Waals surface area contributed by atoms with Crippen LogP contribution < -0.4 is 0 Å². The first kappa shape index (κ1) is 15.1. The molecule has 1 unspecified atom stereocenters. The number of carbonyl (C=O) groups excluding carboxylic acids is 1. The molecule has 0 bridgehead atoms. The number of hydrogen-bond acceptors (Lipinski definition) is 1. The highest BCUT2D eigenvalue weighted by molar-refractivity contribution is 5.78. The molecular weight excluding hydrogens is 232 g/mol. The van der Waals surface area contributed by atoms with Crippen molar-refractivity contribution >= 4 is 5.78 Å². The van der Waals surface area contributed by atoms with Gasteiger partial charge in [-0.2, -0.15) is 0 Å². The molecule has 0 aromatic rings. The van der Waals surface area contributed by atoms with Crippen molar-refractivity contribution in [2.45, 2.75) is 96.3 Å². The largest absolute Gasteiger partial charge is 0.300 e. The van der Waals surface area contributed by atoms with Gasteiger partial charge in [-0.25, -0.2) is 0 Å². The first-order valence-electron chi connectivity index (χ1n) is 8.88. The quantitative estimate of drug-likeness (QED) is 0.596. The van der Waals surface area contributed by atoms with Crippen molar-refractivity contribution < 1.29 is 4.79 Å². The summed E-state index contributed by atoms with van der Waals surface area (Å²) >= 11 is 0. The molecule has 110 valence electrons. The predicted octanol–water partition coefficient (Wildman–Crippen LogP) is 5.67. The first-order chi connectivity index (χ1) is 9.36. The monoisotopic (exact) mass is 264 g/mol. The standard InChI is InChI=1S/C18H32O/c19-18-13-9-5-8-12-17(14-15-18)16-10-6-3-1-2-4-7-11-16/h16-17H,1-15H2. The van der Waals surface area contributed by atoms with E-state index in [1.54, 1.807) is 0 Å². The van der Waals surface area contributed by atoms with Gasteiger partial charge in [0.05, 0.1) is 0 Å². The molecule has 1 nitrogen and oxygen atoms in total. The fourth-order valence-electron chi connectivity index (χ4n) is 4.13. The number of hydrogen-bond donors (Lipinski definition) is 0. The van der Waals surface area contributed by atoms with Gasteiger partial charge in [0.1, 0.15) is 5.78 Å². The lowest BCUT2D eigenvalue weighted by atomic mass is 9.79. The third kappa shape index (κ3) is 5.67. The molecule has 2 rings (SSSR count). The molecule has 0 N–H and O–H groups in total. The topological polar surface area (TPSA) is 17.1 Å². The maximum Gasteiger partial charge on any atom is 0.132 e. The maximum atomic E-state index is 11.8. The Morgan fingerprint density at radius 3 is 1.63 bits per heavy atom. The Labute approximate surface area is 119 Å². The summed E-state index contributed by atoms with van der Waals surface area (Å²) in [5, 5.41) is 0. The summed E-state index contributed by atoms with van der Waals surface area (Å²) in [6.07, 6.45) is 19.7. The molecule has 2 fully saturated rings. The van der Waals surface area contributed by atoms with E-state index in [4.69, 9.17) is 0 Å². The lowest BCUT2D eigenvalue weighted by Crippen LogP contribution is -2.16. The Hall–Kier alpha value is -0.330. The van der Waals surface area contributed by atoms with E-state index in [2.05, 4.69) is 0 Å². The van der Waals surface area contributed by atoms with Crippen LogP contribution in [0.1, 0.15) is 96.3 Å². The van der Waals surface area contributed by atoms with E-state index in [1.165, 1.54) is 77.0 Å². The minimum absolute atomic E-state index is 0.537. The van der Waals surface area contributed by atoms with Gasteiger partial charge in [0.2, 0.25) is 0 Å². The van der Waals surface area contributed by atoms with Gasteiger partial charge in [-0.05, 0) is 24.7 Å². The zero-order valence-corrected chi connectivity index (χ0v) is 12.7. The summed E-state index contributed by atoms with van der Waals surface area (Å²) in [6.45, 7) is 0. The lowest BCUT2D eigenvalue weighted by Gasteiger charge is -2.27. The minimum atomic E-state index is 0.537. The summed E-state index contributed by atoms with van der Waals surface area (Å²) in [5.74, 6) is 2.33. The molecule has 0 amide bonds. The normalized spacial score (nSPS) is 29.5. The third-order valence-corrected chi connectivity index (χ3v) is 5.39. The zero-order chi connectivity index (χ0) is 13.3. The van der Waals surface area contributed by atoms with Crippen LogP contribution in [0, 0.1) is 11.8 Å². The Kier molecular flexibility index (Phi) is 6.95. The van der Waals surface area contributed by atoms with E-state index in [0.29, 0.717) is 5.78 Å². The highest BCUT2D eigenvalue weighted by Gasteiger charge is 2.23. The fraction of sp³-hybridized carbons (Fsp3) is 0.944. The predicted molar refractivity (Wildman–Crippen MR) is 81.2 cm³/mol. The SMILES string of the molecule is O=C1CCCCCC(C2CCCCCCCC2)CC1.